The first-order chi connectivity index (χ1) is 17.4. The van der Waals surface area contributed by atoms with Gasteiger partial charge in [0, 0.05) is 0 Å². The number of carbonyl (C=O) groups excluding carboxylic acids is 2. The molecule has 2 heterocycles. The highest BCUT2D eigenvalue weighted by atomic mass is 32.1. The Morgan fingerprint density at radius 1 is 1.11 bits per heavy atom. The number of allylic oxidation sites excluding steroid dienone is 1. The monoisotopic (exact) mass is 505 g/mol. The molecule has 186 valence electrons. The molecule has 0 saturated carbocycles. The molecule has 36 heavy (non-hydrogen) atoms. The summed E-state index contributed by atoms with van der Waals surface area (Å²) in [7, 11) is 0. The topological polar surface area (TPSA) is 102 Å². The molecule has 1 aromatic heterocycles. The van der Waals surface area contributed by atoms with Gasteiger partial charge in [0.1, 0.15) is 5.01 Å². The van der Waals surface area contributed by atoms with Gasteiger partial charge >= 0.3 is 0 Å². The van der Waals surface area contributed by atoms with Crippen LogP contribution in [-0.4, -0.2) is 40.2 Å². The third kappa shape index (κ3) is 5.16. The molecule has 8 nitrogen and oxygen atoms in total. The number of benzene rings is 2. The van der Waals surface area contributed by atoms with E-state index in [1.165, 1.54) is 22.3 Å². The summed E-state index contributed by atoms with van der Waals surface area (Å²) >= 11 is 1.20. The number of hydrogen-bond acceptors (Lipinski definition) is 8. The van der Waals surface area contributed by atoms with Crippen LogP contribution in [-0.2, 0) is 9.59 Å². The predicted molar refractivity (Wildman–Crippen MR) is 138 cm³/mol. The molecular weight excluding hydrogens is 478 g/mol. The van der Waals surface area contributed by atoms with E-state index in [2.05, 4.69) is 10.2 Å². The molecule has 1 unspecified atom stereocenters. The fraction of sp³-hybridized carbons (Fsp3) is 0.259. The molecule has 2 aromatic carbocycles. The normalized spacial score (nSPS) is 15.7. The smallest absolute Gasteiger partial charge is 0.296 e. The van der Waals surface area contributed by atoms with Crippen LogP contribution >= 0.6 is 11.3 Å². The van der Waals surface area contributed by atoms with E-state index in [4.69, 9.17) is 9.47 Å². The minimum absolute atomic E-state index is 0.0373. The number of ether oxygens (including phenoxy) is 2. The predicted octanol–water partition coefficient (Wildman–Crippen LogP) is 5.22. The maximum Gasteiger partial charge on any atom is 0.296 e. The van der Waals surface area contributed by atoms with Gasteiger partial charge < -0.3 is 14.6 Å². The maximum atomic E-state index is 13.4. The zero-order valence-electron chi connectivity index (χ0n) is 20.3. The molecule has 0 aliphatic carbocycles. The Labute approximate surface area is 213 Å². The third-order valence-corrected chi connectivity index (χ3v) is 6.30. The number of aryl methyl sites for hydroxylation is 1. The van der Waals surface area contributed by atoms with Gasteiger partial charge in [0.05, 0.1) is 24.8 Å². The van der Waals surface area contributed by atoms with Crippen molar-refractivity contribution < 1.29 is 24.2 Å². The Morgan fingerprint density at radius 2 is 1.89 bits per heavy atom. The Morgan fingerprint density at radius 3 is 2.56 bits per heavy atom. The lowest BCUT2D eigenvalue weighted by atomic mass is 9.95. The lowest BCUT2D eigenvalue weighted by Crippen LogP contribution is -2.31. The number of rotatable bonds is 10. The molecule has 4 rings (SSSR count). The van der Waals surface area contributed by atoms with Gasteiger partial charge in [0.15, 0.2) is 23.0 Å². The van der Waals surface area contributed by atoms with E-state index in [0.29, 0.717) is 35.3 Å². The summed E-state index contributed by atoms with van der Waals surface area (Å²) < 4.78 is 11.6. The van der Waals surface area contributed by atoms with Crippen LogP contribution in [0.3, 0.4) is 0 Å². The molecule has 0 spiro atoms. The van der Waals surface area contributed by atoms with Gasteiger partial charge in [0.25, 0.3) is 5.91 Å². The number of carbonyl (C=O) groups is 2. The summed E-state index contributed by atoms with van der Waals surface area (Å²) in [4.78, 5) is 27.9. The summed E-state index contributed by atoms with van der Waals surface area (Å²) in [6.07, 6.45) is 3.84. The minimum Gasteiger partial charge on any atom is -0.503 e. The van der Waals surface area contributed by atoms with E-state index in [0.717, 1.165) is 12.0 Å². The summed E-state index contributed by atoms with van der Waals surface area (Å²) in [6, 6.07) is 13.6. The van der Waals surface area contributed by atoms with Gasteiger partial charge in [-0.25, -0.2) is 0 Å². The van der Waals surface area contributed by atoms with Crippen molar-refractivity contribution in [3.05, 3.63) is 82.1 Å². The Bertz CT molecular complexity index is 1320. The first-order valence-electron chi connectivity index (χ1n) is 11.7. The van der Waals surface area contributed by atoms with Crippen molar-refractivity contribution in [2.24, 2.45) is 0 Å². The first kappa shape index (κ1) is 25.1. The van der Waals surface area contributed by atoms with Crippen LogP contribution in [0.2, 0.25) is 0 Å². The van der Waals surface area contributed by atoms with Gasteiger partial charge in [-0.3, -0.25) is 14.5 Å². The van der Waals surface area contributed by atoms with Crippen LogP contribution in [0, 0.1) is 6.92 Å². The average molecular weight is 506 g/mol. The van der Waals surface area contributed by atoms with Crippen LogP contribution in [0.25, 0.3) is 6.08 Å². The van der Waals surface area contributed by atoms with E-state index in [-0.39, 0.29) is 10.7 Å². The minimum atomic E-state index is -0.919. The lowest BCUT2D eigenvalue weighted by Gasteiger charge is -2.24. The van der Waals surface area contributed by atoms with E-state index in [9.17, 15) is 14.7 Å². The van der Waals surface area contributed by atoms with E-state index in [1.807, 2.05) is 44.2 Å². The second-order valence-electron chi connectivity index (χ2n) is 8.04. The lowest BCUT2D eigenvalue weighted by molar-refractivity contribution is -0.117. The molecular formula is C27H27N3O5S. The van der Waals surface area contributed by atoms with Crippen LogP contribution in [0.15, 0.2) is 65.9 Å². The second-order valence-corrected chi connectivity index (χ2v) is 9.20. The highest BCUT2D eigenvalue weighted by Gasteiger charge is 2.45. The van der Waals surface area contributed by atoms with Crippen molar-refractivity contribution in [2.75, 3.05) is 18.1 Å². The van der Waals surface area contributed by atoms with E-state index >= 15 is 0 Å². The molecule has 0 bridgehead atoms. The van der Waals surface area contributed by atoms with Crippen molar-refractivity contribution in [3.8, 4) is 11.5 Å². The van der Waals surface area contributed by atoms with Gasteiger partial charge in [-0.15, -0.1) is 10.2 Å². The zero-order valence-corrected chi connectivity index (χ0v) is 21.1. The fourth-order valence-corrected chi connectivity index (χ4v) is 4.59. The van der Waals surface area contributed by atoms with Crippen molar-refractivity contribution in [3.63, 3.8) is 0 Å². The van der Waals surface area contributed by atoms with Crippen LogP contribution in [0.1, 0.15) is 42.4 Å². The third-order valence-electron chi connectivity index (χ3n) is 5.47. The summed E-state index contributed by atoms with van der Waals surface area (Å²) in [5.41, 5.74) is 1.35. The molecule has 0 radical (unpaired) electrons. The molecule has 1 amide bonds. The Balaban J connectivity index is 1.79. The number of aliphatic hydroxyl groups is 1. The average Bonchev–Trinajstić information content (AvgIpc) is 3.42. The second kappa shape index (κ2) is 11.2. The van der Waals surface area contributed by atoms with E-state index in [1.54, 1.807) is 31.2 Å². The number of aliphatic hydroxyl groups excluding tert-OH is 1. The number of amides is 1. The van der Waals surface area contributed by atoms with Crippen LogP contribution in [0.4, 0.5) is 5.13 Å². The summed E-state index contributed by atoms with van der Waals surface area (Å²) in [6.45, 7) is 6.56. The summed E-state index contributed by atoms with van der Waals surface area (Å²) in [5.74, 6) is -0.753. The highest BCUT2D eigenvalue weighted by molar-refractivity contribution is 7.15. The van der Waals surface area contributed by atoms with Crippen LogP contribution < -0.4 is 14.4 Å². The standard InChI is InChI=1S/C27H27N3O5S/c1-4-15-35-21-14-12-19(16-22(21)34-5-2)24-23(20(31)13-11-18-9-7-6-8-10-18)25(32)26(33)30(24)27-29-28-17(3)36-27/h6-14,16,24,32H,4-5,15H2,1-3H3. The molecule has 0 saturated heterocycles. The molecule has 1 N–H and O–H groups in total. The molecule has 1 aliphatic heterocycles. The first-order valence-corrected chi connectivity index (χ1v) is 12.5. The number of hydrogen-bond donors (Lipinski definition) is 1. The molecule has 1 atom stereocenters. The quantitative estimate of drug-likeness (QED) is 0.377. The van der Waals surface area contributed by atoms with Crippen molar-refractivity contribution in [1.29, 1.82) is 0 Å². The van der Waals surface area contributed by atoms with Crippen LogP contribution in [0.5, 0.6) is 11.5 Å². The SMILES string of the molecule is CCCOc1ccc(C2C(C(=O)C=Cc3ccccc3)=C(O)C(=O)N2c2nnc(C)s2)cc1OCC. The largest absolute Gasteiger partial charge is 0.503 e. The number of anilines is 1. The number of ketones is 1. The molecule has 9 heteroatoms. The summed E-state index contributed by atoms with van der Waals surface area (Å²) in [5, 5.41) is 19.9. The Hall–Kier alpha value is -3.98. The highest BCUT2D eigenvalue weighted by Crippen LogP contribution is 2.44. The van der Waals surface area contributed by atoms with Crippen molar-refractivity contribution >= 4 is 34.2 Å². The van der Waals surface area contributed by atoms with E-state index < -0.39 is 23.5 Å². The number of nitrogens with zero attached hydrogens (tertiary/aromatic N) is 3. The Kier molecular flexibility index (Phi) is 7.80. The van der Waals surface area contributed by atoms with Gasteiger partial charge in [0.2, 0.25) is 5.13 Å². The van der Waals surface area contributed by atoms with Crippen molar-refractivity contribution in [2.45, 2.75) is 33.2 Å². The van der Waals surface area contributed by atoms with Gasteiger partial charge in [-0.05, 0) is 49.6 Å². The zero-order chi connectivity index (χ0) is 25.7. The number of aromatic nitrogens is 2. The van der Waals surface area contributed by atoms with Gasteiger partial charge in [-0.2, -0.15) is 0 Å². The molecule has 0 fully saturated rings. The van der Waals surface area contributed by atoms with Crippen molar-refractivity contribution in [1.82, 2.24) is 10.2 Å². The maximum absolute atomic E-state index is 13.4. The van der Waals surface area contributed by atoms with Gasteiger partial charge in [-0.1, -0.05) is 60.7 Å². The molecule has 3 aromatic rings. The molecule has 1 aliphatic rings. The fourth-order valence-electron chi connectivity index (χ4n) is 3.87.